The van der Waals surface area contributed by atoms with Gasteiger partial charge < -0.3 is 0 Å². The Morgan fingerprint density at radius 3 is 2.85 bits per heavy atom. The Morgan fingerprint density at radius 1 is 1.69 bits per heavy atom. The first kappa shape index (κ1) is 10.1. The fraction of sp³-hybridized carbons (Fsp3) is 0.571. The lowest BCUT2D eigenvalue weighted by Crippen LogP contribution is -2.37. The van der Waals surface area contributed by atoms with Gasteiger partial charge in [0.25, 0.3) is 0 Å². The number of likely N-dealkylation sites (N-methyl/N-ethyl adjacent to an activating group) is 1. The first-order valence-corrected chi connectivity index (χ1v) is 4.72. The average Bonchev–Trinajstić information content (AvgIpc) is 2.55. The maximum atomic E-state index is 11.4. The monoisotopic (exact) mass is 200 g/mol. The number of hydrogen-bond acceptors (Lipinski definition) is 5. The summed E-state index contributed by atoms with van der Waals surface area (Å²) >= 11 is 1.31. The molecule has 0 aliphatic rings. The number of rotatable bonds is 3. The lowest BCUT2D eigenvalue weighted by atomic mass is 10.3. The minimum absolute atomic E-state index is 0.0678. The molecule has 0 saturated heterocycles. The zero-order valence-electron chi connectivity index (χ0n) is 7.81. The van der Waals surface area contributed by atoms with Crippen LogP contribution >= 0.6 is 11.3 Å². The molecule has 0 aromatic carbocycles. The normalized spacial score (nSPS) is 12.9. The number of nitrogens with zero attached hydrogens (tertiary/aromatic N) is 3. The molecule has 0 aliphatic heterocycles. The van der Waals surface area contributed by atoms with Crippen molar-refractivity contribution >= 4 is 22.4 Å². The fourth-order valence-electron chi connectivity index (χ4n) is 0.672. The number of amides is 1. The molecular formula is C7H12N4OS. The van der Waals surface area contributed by atoms with Gasteiger partial charge in [-0.3, -0.25) is 15.0 Å². The maximum Gasteiger partial charge on any atom is 0.243 e. The third kappa shape index (κ3) is 2.74. The molecule has 5 nitrogen and oxygen atoms in total. The van der Waals surface area contributed by atoms with Crippen molar-refractivity contribution in [2.24, 2.45) is 0 Å². The van der Waals surface area contributed by atoms with Crippen molar-refractivity contribution < 1.29 is 4.79 Å². The van der Waals surface area contributed by atoms with Gasteiger partial charge in [-0.05, 0) is 21.0 Å². The molecule has 6 heteroatoms. The minimum atomic E-state index is -0.163. The van der Waals surface area contributed by atoms with E-state index in [1.165, 1.54) is 11.3 Å². The predicted molar refractivity (Wildman–Crippen MR) is 51.7 cm³/mol. The van der Waals surface area contributed by atoms with Gasteiger partial charge in [-0.25, -0.2) is 0 Å². The Labute approximate surface area is 80.8 Å². The van der Waals surface area contributed by atoms with E-state index < -0.39 is 0 Å². The summed E-state index contributed by atoms with van der Waals surface area (Å²) in [5, 5.41) is 10.5. The summed E-state index contributed by atoms with van der Waals surface area (Å²) < 4.78 is 0. The van der Waals surface area contributed by atoms with Crippen LogP contribution in [-0.4, -0.2) is 41.1 Å². The number of anilines is 1. The Morgan fingerprint density at radius 2 is 2.38 bits per heavy atom. The van der Waals surface area contributed by atoms with E-state index in [1.807, 2.05) is 25.9 Å². The van der Waals surface area contributed by atoms with Crippen LogP contribution in [0.5, 0.6) is 0 Å². The molecule has 0 spiro atoms. The van der Waals surface area contributed by atoms with E-state index in [-0.39, 0.29) is 11.9 Å². The van der Waals surface area contributed by atoms with Gasteiger partial charge >= 0.3 is 0 Å². The third-order valence-electron chi connectivity index (χ3n) is 1.74. The van der Waals surface area contributed by atoms with Gasteiger partial charge in [0.15, 0.2) is 0 Å². The molecule has 0 radical (unpaired) electrons. The van der Waals surface area contributed by atoms with Crippen LogP contribution in [0, 0.1) is 0 Å². The van der Waals surface area contributed by atoms with Crippen LogP contribution in [0.15, 0.2) is 5.51 Å². The molecule has 1 aromatic heterocycles. The molecule has 1 aromatic rings. The van der Waals surface area contributed by atoms with E-state index in [9.17, 15) is 4.79 Å². The second-order valence-electron chi connectivity index (χ2n) is 2.87. The Bertz CT molecular complexity index is 272. The predicted octanol–water partition coefficient (Wildman–Crippen LogP) is 0.427. The molecule has 1 rings (SSSR count). The summed E-state index contributed by atoms with van der Waals surface area (Å²) in [6.07, 6.45) is 0. The van der Waals surface area contributed by atoms with Gasteiger partial charge in [-0.15, -0.1) is 10.2 Å². The zero-order chi connectivity index (χ0) is 9.84. The van der Waals surface area contributed by atoms with E-state index in [1.54, 1.807) is 5.51 Å². The smallest absolute Gasteiger partial charge is 0.243 e. The highest BCUT2D eigenvalue weighted by molar-refractivity contribution is 7.13. The Kier molecular flexibility index (Phi) is 3.32. The van der Waals surface area contributed by atoms with Crippen molar-refractivity contribution in [2.75, 3.05) is 19.4 Å². The summed E-state index contributed by atoms with van der Waals surface area (Å²) in [6, 6.07) is -0.163. The van der Waals surface area contributed by atoms with E-state index in [0.717, 1.165) is 0 Å². The number of aromatic nitrogens is 2. The van der Waals surface area contributed by atoms with Crippen LogP contribution < -0.4 is 5.32 Å². The highest BCUT2D eigenvalue weighted by Crippen LogP contribution is 2.08. The second-order valence-corrected chi connectivity index (χ2v) is 3.71. The molecule has 13 heavy (non-hydrogen) atoms. The molecule has 1 atom stereocenters. The highest BCUT2D eigenvalue weighted by atomic mass is 32.1. The third-order valence-corrected chi connectivity index (χ3v) is 2.35. The zero-order valence-corrected chi connectivity index (χ0v) is 8.63. The number of hydrogen-bond donors (Lipinski definition) is 1. The van der Waals surface area contributed by atoms with Gasteiger partial charge in [0.2, 0.25) is 11.0 Å². The highest BCUT2D eigenvalue weighted by Gasteiger charge is 2.15. The molecule has 0 bridgehead atoms. The van der Waals surface area contributed by atoms with Crippen LogP contribution in [0.4, 0.5) is 5.13 Å². The minimum Gasteiger partial charge on any atom is -0.299 e. The first-order chi connectivity index (χ1) is 6.11. The molecule has 1 heterocycles. The first-order valence-electron chi connectivity index (χ1n) is 3.84. The maximum absolute atomic E-state index is 11.4. The average molecular weight is 200 g/mol. The van der Waals surface area contributed by atoms with Gasteiger partial charge in [-0.1, -0.05) is 11.3 Å². The molecule has 72 valence electrons. The number of carbonyl (C=O) groups is 1. The molecule has 1 amide bonds. The Hall–Kier alpha value is -1.01. The van der Waals surface area contributed by atoms with Gasteiger partial charge in [0, 0.05) is 0 Å². The van der Waals surface area contributed by atoms with Crippen LogP contribution in [0.25, 0.3) is 0 Å². The molecule has 0 saturated carbocycles. The molecular weight excluding hydrogens is 188 g/mol. The molecule has 0 unspecified atom stereocenters. The quantitative estimate of drug-likeness (QED) is 0.768. The van der Waals surface area contributed by atoms with Crippen molar-refractivity contribution in [1.82, 2.24) is 15.1 Å². The lowest BCUT2D eigenvalue weighted by Gasteiger charge is -2.17. The largest absolute Gasteiger partial charge is 0.299 e. The van der Waals surface area contributed by atoms with E-state index in [0.29, 0.717) is 5.13 Å². The van der Waals surface area contributed by atoms with Crippen molar-refractivity contribution in [3.8, 4) is 0 Å². The summed E-state index contributed by atoms with van der Waals surface area (Å²) in [5.74, 6) is -0.0678. The van der Waals surface area contributed by atoms with E-state index in [4.69, 9.17) is 0 Å². The standard InChI is InChI=1S/C7H12N4OS/c1-5(11(2)3)6(12)9-7-10-8-4-13-7/h4-5H,1-3H3,(H,9,10,12)/t5-/m0/s1. The second kappa shape index (κ2) is 4.29. The van der Waals surface area contributed by atoms with Crippen LogP contribution in [0.3, 0.4) is 0 Å². The fourth-order valence-corrected chi connectivity index (χ4v) is 1.12. The molecule has 1 N–H and O–H groups in total. The SMILES string of the molecule is C[C@@H](C(=O)Nc1nncs1)N(C)C. The van der Waals surface area contributed by atoms with Crippen molar-refractivity contribution in [3.63, 3.8) is 0 Å². The van der Waals surface area contributed by atoms with Crippen LogP contribution in [0.2, 0.25) is 0 Å². The Balaban J connectivity index is 2.51. The van der Waals surface area contributed by atoms with Crippen LogP contribution in [0.1, 0.15) is 6.92 Å². The number of nitrogens with one attached hydrogen (secondary N) is 1. The van der Waals surface area contributed by atoms with Gasteiger partial charge in [0.05, 0.1) is 6.04 Å². The number of carbonyl (C=O) groups excluding carboxylic acids is 1. The molecule has 0 aliphatic carbocycles. The van der Waals surface area contributed by atoms with Crippen molar-refractivity contribution in [2.45, 2.75) is 13.0 Å². The summed E-state index contributed by atoms with van der Waals surface area (Å²) in [5.41, 5.74) is 1.58. The van der Waals surface area contributed by atoms with Crippen molar-refractivity contribution in [1.29, 1.82) is 0 Å². The summed E-state index contributed by atoms with van der Waals surface area (Å²) in [6.45, 7) is 1.83. The summed E-state index contributed by atoms with van der Waals surface area (Å²) in [4.78, 5) is 13.3. The van der Waals surface area contributed by atoms with Gasteiger partial charge in [-0.2, -0.15) is 0 Å². The van der Waals surface area contributed by atoms with Crippen molar-refractivity contribution in [3.05, 3.63) is 5.51 Å². The summed E-state index contributed by atoms with van der Waals surface area (Å²) in [7, 11) is 3.70. The van der Waals surface area contributed by atoms with Gasteiger partial charge in [0.1, 0.15) is 5.51 Å². The van der Waals surface area contributed by atoms with E-state index in [2.05, 4.69) is 15.5 Å². The van der Waals surface area contributed by atoms with E-state index >= 15 is 0 Å². The molecule has 0 fully saturated rings. The lowest BCUT2D eigenvalue weighted by molar-refractivity contribution is -0.119. The van der Waals surface area contributed by atoms with Crippen LogP contribution in [-0.2, 0) is 4.79 Å². The topological polar surface area (TPSA) is 58.1 Å².